The molecular formula is C8H8ClN5. The molecule has 5 nitrogen and oxygen atoms in total. The van der Waals surface area contributed by atoms with Gasteiger partial charge in [0.25, 0.3) is 0 Å². The molecule has 0 aromatic heterocycles. The Morgan fingerprint density at radius 3 is 2.86 bits per heavy atom. The summed E-state index contributed by atoms with van der Waals surface area (Å²) in [5, 5.41) is 9.04. The molecule has 6 heteroatoms. The van der Waals surface area contributed by atoms with Gasteiger partial charge in [-0.2, -0.15) is 5.26 Å². The van der Waals surface area contributed by atoms with Crippen molar-refractivity contribution in [1.29, 1.82) is 5.26 Å². The van der Waals surface area contributed by atoms with Crippen molar-refractivity contribution >= 4 is 23.2 Å². The van der Waals surface area contributed by atoms with Crippen molar-refractivity contribution in [3.8, 4) is 6.07 Å². The molecule has 1 aromatic carbocycles. The Balaban J connectivity index is 3.14. The summed E-state index contributed by atoms with van der Waals surface area (Å²) in [7, 11) is 0. The third-order valence-electron chi connectivity index (χ3n) is 1.46. The normalized spacial score (nSPS) is 10.8. The lowest BCUT2D eigenvalue weighted by Gasteiger charge is -2.00. The Bertz CT molecular complexity index is 407. The fraction of sp³-hybridized carbons (Fsp3) is 0. The van der Waals surface area contributed by atoms with Crippen molar-refractivity contribution < 1.29 is 0 Å². The zero-order valence-corrected chi connectivity index (χ0v) is 7.92. The predicted octanol–water partition coefficient (Wildman–Crippen LogP) is 0.621. The third kappa shape index (κ3) is 2.36. The number of nitrogens with one attached hydrogen (secondary N) is 1. The highest BCUT2D eigenvalue weighted by atomic mass is 35.5. The molecule has 0 saturated carbocycles. The monoisotopic (exact) mass is 209 g/mol. The van der Waals surface area contributed by atoms with E-state index in [0.717, 1.165) is 0 Å². The van der Waals surface area contributed by atoms with E-state index in [0.29, 0.717) is 16.3 Å². The minimum atomic E-state index is 0.0296. The van der Waals surface area contributed by atoms with E-state index >= 15 is 0 Å². The van der Waals surface area contributed by atoms with Crippen LogP contribution in [-0.4, -0.2) is 5.96 Å². The Morgan fingerprint density at radius 1 is 1.57 bits per heavy atom. The first kappa shape index (κ1) is 10.3. The Labute approximate surface area is 86.0 Å². The van der Waals surface area contributed by atoms with Gasteiger partial charge < -0.3 is 5.73 Å². The molecule has 72 valence electrons. The number of benzene rings is 1. The average Bonchev–Trinajstić information content (AvgIpc) is 2.21. The van der Waals surface area contributed by atoms with Crippen LogP contribution >= 0.6 is 11.6 Å². The van der Waals surface area contributed by atoms with Crippen molar-refractivity contribution in [3.05, 3.63) is 28.8 Å². The van der Waals surface area contributed by atoms with E-state index in [1.54, 1.807) is 12.1 Å². The SMILES string of the molecule is N#Cc1ccc(Cl)c(N=C(N)NN)c1. The van der Waals surface area contributed by atoms with Crippen molar-refractivity contribution in [1.82, 2.24) is 5.43 Å². The Morgan fingerprint density at radius 2 is 2.29 bits per heavy atom. The molecule has 0 bridgehead atoms. The highest BCUT2D eigenvalue weighted by Gasteiger charge is 2.00. The van der Waals surface area contributed by atoms with Gasteiger partial charge in [-0.15, -0.1) is 0 Å². The molecule has 0 aliphatic rings. The summed E-state index contributed by atoms with van der Waals surface area (Å²) >= 11 is 5.81. The lowest BCUT2D eigenvalue weighted by Crippen LogP contribution is -2.36. The van der Waals surface area contributed by atoms with Crippen LogP contribution in [-0.2, 0) is 0 Å². The van der Waals surface area contributed by atoms with Gasteiger partial charge in [0.1, 0.15) is 0 Å². The largest absolute Gasteiger partial charge is 0.369 e. The maximum Gasteiger partial charge on any atom is 0.208 e. The molecule has 1 rings (SSSR count). The fourth-order valence-electron chi connectivity index (χ4n) is 0.830. The highest BCUT2D eigenvalue weighted by molar-refractivity contribution is 6.33. The second-order valence-electron chi connectivity index (χ2n) is 2.42. The first-order chi connectivity index (χ1) is 6.67. The summed E-state index contributed by atoms with van der Waals surface area (Å²) in [6.45, 7) is 0. The van der Waals surface area contributed by atoms with Gasteiger partial charge in [0.2, 0.25) is 5.96 Å². The molecule has 0 spiro atoms. The molecule has 1 aromatic rings. The summed E-state index contributed by atoms with van der Waals surface area (Å²) in [5.74, 6) is 5.06. The Hall–Kier alpha value is -1.77. The minimum Gasteiger partial charge on any atom is -0.369 e. The number of halogens is 1. The number of aliphatic imine (C=N–C) groups is 1. The van der Waals surface area contributed by atoms with Crippen LogP contribution in [0, 0.1) is 11.3 Å². The van der Waals surface area contributed by atoms with Crippen LogP contribution in [0.15, 0.2) is 23.2 Å². The van der Waals surface area contributed by atoms with E-state index in [1.807, 2.05) is 6.07 Å². The summed E-state index contributed by atoms with van der Waals surface area (Å²) in [6.07, 6.45) is 0. The Kier molecular flexibility index (Phi) is 3.29. The second-order valence-corrected chi connectivity index (χ2v) is 2.83. The number of hydrogen-bond donors (Lipinski definition) is 3. The number of nitrogens with zero attached hydrogens (tertiary/aromatic N) is 2. The number of rotatable bonds is 1. The van der Waals surface area contributed by atoms with Crippen molar-refractivity contribution in [2.75, 3.05) is 0 Å². The fourth-order valence-corrected chi connectivity index (χ4v) is 0.990. The predicted molar refractivity (Wildman–Crippen MR) is 54.8 cm³/mol. The van der Waals surface area contributed by atoms with Crippen LogP contribution in [0.25, 0.3) is 0 Å². The topological polar surface area (TPSA) is 100 Å². The first-order valence-corrected chi connectivity index (χ1v) is 4.05. The van der Waals surface area contributed by atoms with Crippen LogP contribution < -0.4 is 17.0 Å². The maximum absolute atomic E-state index is 8.63. The number of nitrogens with two attached hydrogens (primary N) is 2. The van der Waals surface area contributed by atoms with Gasteiger partial charge in [0.15, 0.2) is 0 Å². The standard InChI is InChI=1S/C8H8ClN5/c9-6-2-1-5(4-10)3-7(6)13-8(11)14-12/h1-3H,12H2,(H3,11,13,14). The highest BCUT2D eigenvalue weighted by Crippen LogP contribution is 2.25. The molecule has 0 aliphatic heterocycles. The summed E-state index contributed by atoms with van der Waals surface area (Å²) in [6, 6.07) is 6.65. The second kappa shape index (κ2) is 4.46. The zero-order valence-electron chi connectivity index (χ0n) is 7.16. The summed E-state index contributed by atoms with van der Waals surface area (Å²) in [5.41, 5.74) is 8.36. The molecule has 0 heterocycles. The van der Waals surface area contributed by atoms with Gasteiger partial charge >= 0.3 is 0 Å². The molecular weight excluding hydrogens is 202 g/mol. The molecule has 0 saturated heterocycles. The molecule has 0 unspecified atom stereocenters. The number of hydrogen-bond acceptors (Lipinski definition) is 3. The van der Waals surface area contributed by atoms with Gasteiger partial charge in [-0.3, -0.25) is 5.43 Å². The summed E-state index contributed by atoms with van der Waals surface area (Å²) in [4.78, 5) is 3.86. The van der Waals surface area contributed by atoms with Crippen LogP contribution in [0.5, 0.6) is 0 Å². The van der Waals surface area contributed by atoms with E-state index < -0.39 is 0 Å². The molecule has 0 atom stereocenters. The van der Waals surface area contributed by atoms with Gasteiger partial charge in [0, 0.05) is 0 Å². The minimum absolute atomic E-state index is 0.0296. The van der Waals surface area contributed by atoms with E-state index in [1.165, 1.54) is 6.07 Å². The van der Waals surface area contributed by atoms with Crippen molar-refractivity contribution in [2.24, 2.45) is 16.6 Å². The van der Waals surface area contributed by atoms with Gasteiger partial charge in [-0.05, 0) is 18.2 Å². The van der Waals surface area contributed by atoms with Gasteiger partial charge in [-0.25, -0.2) is 10.8 Å². The molecule has 0 fully saturated rings. The number of nitriles is 1. The van der Waals surface area contributed by atoms with Gasteiger partial charge in [-0.1, -0.05) is 11.6 Å². The lowest BCUT2D eigenvalue weighted by molar-refractivity contribution is 1.01. The third-order valence-corrected chi connectivity index (χ3v) is 1.78. The molecule has 0 aliphatic carbocycles. The van der Waals surface area contributed by atoms with E-state index in [4.69, 9.17) is 28.4 Å². The zero-order chi connectivity index (χ0) is 10.6. The van der Waals surface area contributed by atoms with Crippen LogP contribution in [0.4, 0.5) is 5.69 Å². The molecule has 0 amide bonds. The quantitative estimate of drug-likeness (QED) is 0.273. The van der Waals surface area contributed by atoms with E-state index in [2.05, 4.69) is 10.4 Å². The average molecular weight is 210 g/mol. The van der Waals surface area contributed by atoms with Crippen molar-refractivity contribution in [3.63, 3.8) is 0 Å². The maximum atomic E-state index is 8.63. The van der Waals surface area contributed by atoms with Crippen LogP contribution in [0.3, 0.4) is 0 Å². The summed E-state index contributed by atoms with van der Waals surface area (Å²) < 4.78 is 0. The number of guanidine groups is 1. The molecule has 0 radical (unpaired) electrons. The lowest BCUT2D eigenvalue weighted by atomic mass is 10.2. The van der Waals surface area contributed by atoms with Crippen molar-refractivity contribution in [2.45, 2.75) is 0 Å². The van der Waals surface area contributed by atoms with Crippen LogP contribution in [0.1, 0.15) is 5.56 Å². The molecule has 5 N–H and O–H groups in total. The van der Waals surface area contributed by atoms with Crippen LogP contribution in [0.2, 0.25) is 5.02 Å². The number of hydrazine groups is 1. The van der Waals surface area contributed by atoms with Gasteiger partial charge in [0.05, 0.1) is 22.3 Å². The smallest absolute Gasteiger partial charge is 0.208 e. The van der Waals surface area contributed by atoms with E-state index in [-0.39, 0.29) is 5.96 Å². The van der Waals surface area contributed by atoms with E-state index in [9.17, 15) is 0 Å². The first-order valence-electron chi connectivity index (χ1n) is 3.68. The molecule has 14 heavy (non-hydrogen) atoms.